The highest BCUT2D eigenvalue weighted by molar-refractivity contribution is 7.72. The van der Waals surface area contributed by atoms with Crippen molar-refractivity contribution in [3.8, 4) is 0 Å². The smallest absolute Gasteiger partial charge is 0.330 e. The molecule has 2 rings (SSSR count). The van der Waals surface area contributed by atoms with E-state index in [9.17, 15) is 29.7 Å². The Bertz CT molecular complexity index is 840. The lowest BCUT2D eigenvalue weighted by atomic mass is 10.1. The first-order valence-electron chi connectivity index (χ1n) is 8.15. The van der Waals surface area contributed by atoms with Crippen LogP contribution in [0.15, 0.2) is 15.8 Å². The minimum atomic E-state index is -1.71. The molecule has 5 atom stereocenters. The third-order valence-electron chi connectivity index (χ3n) is 4.31. The van der Waals surface area contributed by atoms with Gasteiger partial charge in [-0.05, 0) is 32.8 Å². The third-order valence-corrected chi connectivity index (χ3v) is 5.77. The average Bonchev–Trinajstić information content (AvgIpc) is 2.80. The van der Waals surface area contributed by atoms with Crippen LogP contribution in [0.25, 0.3) is 0 Å². The SMILES string of the molecule is C=P(C)(C)CC[C@H]1OC(n2cc(C(O)C(C)=O)c(=O)[nH]c2=O)[C@H](O)[C@@H]1O. The van der Waals surface area contributed by atoms with E-state index in [1.807, 2.05) is 18.3 Å². The Morgan fingerprint density at radius 2 is 2.00 bits per heavy atom. The van der Waals surface area contributed by atoms with Crippen LogP contribution in [0.3, 0.4) is 0 Å². The summed E-state index contributed by atoms with van der Waals surface area (Å²) in [6.07, 6.45) is -0.0283. The zero-order valence-corrected chi connectivity index (χ0v) is 15.8. The standard InChI is InChI=1S/C16H25N2O7P/c1-8(19)11(20)9-7-18(16(24)17-14(9)23)15-13(22)12(21)10(25-15)5-6-26(2,3)4/h7,10-13,15,20-22H,2,5-6H2,1,3-4H3,(H,17,23,24)/t10-,11?,12-,13-,15?/m1/s1. The Morgan fingerprint density at radius 1 is 1.38 bits per heavy atom. The Balaban J connectivity index is 2.34. The lowest BCUT2D eigenvalue weighted by molar-refractivity contribution is -0.125. The number of aliphatic hydroxyl groups excluding tert-OH is 3. The molecule has 0 aliphatic carbocycles. The highest BCUT2D eigenvalue weighted by Gasteiger charge is 2.44. The predicted molar refractivity (Wildman–Crippen MR) is 98.3 cm³/mol. The van der Waals surface area contributed by atoms with Crippen LogP contribution in [0.1, 0.15) is 31.2 Å². The molecule has 26 heavy (non-hydrogen) atoms. The van der Waals surface area contributed by atoms with E-state index in [0.29, 0.717) is 6.42 Å². The summed E-state index contributed by atoms with van der Waals surface area (Å²) < 4.78 is 6.52. The Kier molecular flexibility index (Phi) is 6.09. The number of Topliss-reactive ketones (excluding diaryl/α,β-unsaturated/α-hetero) is 1. The molecule has 0 bridgehead atoms. The molecule has 1 aromatic heterocycles. The molecule has 1 fully saturated rings. The molecule has 146 valence electrons. The maximum Gasteiger partial charge on any atom is 0.330 e. The van der Waals surface area contributed by atoms with Crippen molar-refractivity contribution in [2.75, 3.05) is 19.5 Å². The maximum absolute atomic E-state index is 12.1. The maximum atomic E-state index is 12.1. The molecular weight excluding hydrogens is 363 g/mol. The van der Waals surface area contributed by atoms with Crippen LogP contribution in [0.4, 0.5) is 0 Å². The summed E-state index contributed by atoms with van der Waals surface area (Å²) in [4.78, 5) is 37.3. The topological polar surface area (TPSA) is 142 Å². The fourth-order valence-electron chi connectivity index (χ4n) is 2.78. The molecule has 1 saturated heterocycles. The van der Waals surface area contributed by atoms with Crippen LogP contribution in [0.2, 0.25) is 0 Å². The molecule has 0 radical (unpaired) electrons. The van der Waals surface area contributed by atoms with Crippen LogP contribution >= 0.6 is 6.89 Å². The molecular formula is C16H25N2O7P. The van der Waals surface area contributed by atoms with Crippen LogP contribution < -0.4 is 11.2 Å². The summed E-state index contributed by atoms with van der Waals surface area (Å²) in [5, 5.41) is 30.3. The molecule has 0 saturated carbocycles. The first-order valence-corrected chi connectivity index (χ1v) is 11.2. The summed E-state index contributed by atoms with van der Waals surface area (Å²) in [5.74, 6) is -0.673. The highest BCUT2D eigenvalue weighted by Crippen LogP contribution is 2.39. The zero-order valence-electron chi connectivity index (χ0n) is 15.0. The number of rotatable bonds is 6. The van der Waals surface area contributed by atoms with Crippen LogP contribution in [-0.2, 0) is 9.53 Å². The number of H-pyrrole nitrogens is 1. The van der Waals surface area contributed by atoms with Gasteiger partial charge in [-0.25, -0.2) is 4.79 Å². The fourth-order valence-corrected chi connectivity index (χ4v) is 3.73. The number of aromatic amines is 1. The van der Waals surface area contributed by atoms with E-state index in [1.54, 1.807) is 0 Å². The van der Waals surface area contributed by atoms with Gasteiger partial charge in [0.15, 0.2) is 12.0 Å². The lowest BCUT2D eigenvalue weighted by Gasteiger charge is -2.19. The molecule has 0 aromatic carbocycles. The predicted octanol–water partition coefficient (Wildman–Crippen LogP) is -1.12. The van der Waals surface area contributed by atoms with Crippen molar-refractivity contribution in [1.82, 2.24) is 9.55 Å². The number of aromatic nitrogens is 2. The highest BCUT2D eigenvalue weighted by atomic mass is 31.2. The van der Waals surface area contributed by atoms with E-state index in [1.165, 1.54) is 0 Å². The second-order valence-electron chi connectivity index (χ2n) is 7.26. The van der Waals surface area contributed by atoms with Gasteiger partial charge >= 0.3 is 5.69 Å². The number of carbonyl (C=O) groups excluding carboxylic acids is 1. The monoisotopic (exact) mass is 388 g/mol. The molecule has 1 aromatic rings. The lowest BCUT2D eigenvalue weighted by Crippen LogP contribution is -2.39. The van der Waals surface area contributed by atoms with Crippen molar-refractivity contribution < 1.29 is 24.9 Å². The number of ketones is 1. The summed E-state index contributed by atoms with van der Waals surface area (Å²) in [7, 11) is 0. The zero-order chi connectivity index (χ0) is 19.8. The Hall–Kier alpha value is -1.51. The summed E-state index contributed by atoms with van der Waals surface area (Å²) in [5.41, 5.74) is -2.12. The van der Waals surface area contributed by atoms with Gasteiger partial charge in [-0.1, -0.05) is 0 Å². The number of hydrogen-bond donors (Lipinski definition) is 4. The van der Waals surface area contributed by atoms with Crippen molar-refractivity contribution in [3.05, 3.63) is 32.6 Å². The minimum Gasteiger partial charge on any atom is -0.388 e. The second-order valence-corrected chi connectivity index (χ2v) is 11.6. The minimum absolute atomic E-state index is 0.337. The summed E-state index contributed by atoms with van der Waals surface area (Å²) in [6, 6.07) is 0. The average molecular weight is 388 g/mol. The van der Waals surface area contributed by atoms with Crippen molar-refractivity contribution in [2.45, 2.75) is 44.0 Å². The Labute approximate surface area is 150 Å². The van der Waals surface area contributed by atoms with Gasteiger partial charge in [0, 0.05) is 6.20 Å². The molecule has 4 N–H and O–H groups in total. The van der Waals surface area contributed by atoms with Crippen molar-refractivity contribution in [2.24, 2.45) is 0 Å². The number of nitrogens with one attached hydrogen (secondary N) is 1. The van der Waals surface area contributed by atoms with E-state index in [2.05, 4.69) is 6.30 Å². The van der Waals surface area contributed by atoms with E-state index in [0.717, 1.165) is 23.8 Å². The number of carbonyl (C=O) groups is 1. The van der Waals surface area contributed by atoms with Crippen molar-refractivity contribution in [1.29, 1.82) is 0 Å². The first-order chi connectivity index (χ1) is 11.9. The number of hydrogen-bond acceptors (Lipinski definition) is 7. The van der Waals surface area contributed by atoms with Crippen molar-refractivity contribution in [3.63, 3.8) is 0 Å². The fraction of sp³-hybridized carbons (Fsp3) is 0.625. The number of ether oxygens (including phenoxy) is 1. The van der Waals surface area contributed by atoms with Gasteiger partial charge in [-0.2, -0.15) is 0 Å². The first kappa shape index (κ1) is 20.8. The van der Waals surface area contributed by atoms with Gasteiger partial charge in [0.2, 0.25) is 0 Å². The van der Waals surface area contributed by atoms with Crippen LogP contribution in [0, 0.1) is 0 Å². The quantitative estimate of drug-likeness (QED) is 0.452. The Morgan fingerprint density at radius 3 is 2.54 bits per heavy atom. The van der Waals surface area contributed by atoms with E-state index >= 15 is 0 Å². The van der Waals surface area contributed by atoms with Gasteiger partial charge in [0.25, 0.3) is 5.56 Å². The molecule has 9 nitrogen and oxygen atoms in total. The van der Waals surface area contributed by atoms with E-state index < -0.39 is 54.6 Å². The third kappa shape index (κ3) is 4.42. The second kappa shape index (κ2) is 7.62. The molecule has 2 heterocycles. The van der Waals surface area contributed by atoms with Gasteiger partial charge in [-0.15, -0.1) is 13.2 Å². The van der Waals surface area contributed by atoms with Crippen LogP contribution in [0.5, 0.6) is 0 Å². The van der Waals surface area contributed by atoms with Gasteiger partial charge in [0.05, 0.1) is 11.7 Å². The van der Waals surface area contributed by atoms with Gasteiger partial charge in [-0.3, -0.25) is 19.1 Å². The largest absolute Gasteiger partial charge is 0.388 e. The number of nitrogens with zero attached hydrogens (tertiary/aromatic N) is 1. The molecule has 0 amide bonds. The summed E-state index contributed by atoms with van der Waals surface area (Å²) in [6.45, 7) is 3.80. The molecule has 10 heteroatoms. The summed E-state index contributed by atoms with van der Waals surface area (Å²) >= 11 is 0. The van der Waals surface area contributed by atoms with E-state index in [-0.39, 0.29) is 5.56 Å². The van der Waals surface area contributed by atoms with Crippen LogP contribution in [-0.4, -0.2) is 74.8 Å². The molecule has 1 aliphatic rings. The normalized spacial score (nSPS) is 27.5. The van der Waals surface area contributed by atoms with Crippen molar-refractivity contribution >= 4 is 19.0 Å². The molecule has 0 spiro atoms. The molecule has 2 unspecified atom stereocenters. The van der Waals surface area contributed by atoms with Gasteiger partial charge < -0.3 is 20.1 Å². The van der Waals surface area contributed by atoms with E-state index in [4.69, 9.17) is 4.74 Å². The van der Waals surface area contributed by atoms with Gasteiger partial charge in [0.1, 0.15) is 18.3 Å². The number of aliphatic hydroxyl groups is 3. The molecule has 1 aliphatic heterocycles.